The van der Waals surface area contributed by atoms with Gasteiger partial charge in [-0.2, -0.15) is 4.98 Å². The van der Waals surface area contributed by atoms with Gasteiger partial charge in [-0.05, 0) is 29.8 Å². The molecule has 104 valence electrons. The number of aliphatic carboxylic acids is 1. The fourth-order valence-electron chi connectivity index (χ4n) is 1.45. The topological polar surface area (TPSA) is 85.5 Å². The van der Waals surface area contributed by atoms with E-state index in [0.717, 1.165) is 10.5 Å². The van der Waals surface area contributed by atoms with Gasteiger partial charge in [0.25, 0.3) is 0 Å². The lowest BCUT2D eigenvalue weighted by Crippen LogP contribution is -1.98. The summed E-state index contributed by atoms with van der Waals surface area (Å²) in [6.45, 7) is 1.88. The van der Waals surface area contributed by atoms with E-state index < -0.39 is 5.97 Å². The molecular weight excluding hydrogens is 328 g/mol. The molecular formula is C13H11BrN2O4. The molecule has 2 aromatic rings. The summed E-state index contributed by atoms with van der Waals surface area (Å²) in [5.74, 6) is 0.503. The zero-order chi connectivity index (χ0) is 14.5. The number of nitrogens with zero attached hydrogens (tertiary/aromatic N) is 2. The molecule has 0 saturated heterocycles. The van der Waals surface area contributed by atoms with Crippen LogP contribution in [-0.4, -0.2) is 21.2 Å². The summed E-state index contributed by atoms with van der Waals surface area (Å²) in [6.07, 6.45) is 2.55. The average molecular weight is 339 g/mol. The summed E-state index contributed by atoms with van der Waals surface area (Å²) in [6, 6.07) is 5.25. The molecule has 0 aliphatic carbocycles. The lowest BCUT2D eigenvalue weighted by Gasteiger charge is -2.05. The summed E-state index contributed by atoms with van der Waals surface area (Å²) in [5, 5.41) is 12.3. The van der Waals surface area contributed by atoms with Crippen molar-refractivity contribution in [3.05, 3.63) is 46.0 Å². The highest BCUT2D eigenvalue weighted by molar-refractivity contribution is 9.10. The number of halogens is 1. The molecule has 1 aromatic heterocycles. The number of ether oxygens (including phenoxy) is 1. The van der Waals surface area contributed by atoms with Crippen molar-refractivity contribution in [2.45, 2.75) is 13.5 Å². The van der Waals surface area contributed by atoms with Gasteiger partial charge in [0.1, 0.15) is 5.75 Å². The molecule has 2 rings (SSSR count). The van der Waals surface area contributed by atoms with E-state index in [-0.39, 0.29) is 6.61 Å². The maximum atomic E-state index is 10.5. The fourth-order valence-corrected chi connectivity index (χ4v) is 1.83. The van der Waals surface area contributed by atoms with E-state index in [4.69, 9.17) is 14.4 Å². The van der Waals surface area contributed by atoms with Crippen LogP contribution in [0.4, 0.5) is 0 Å². The number of carboxylic acids is 1. The Labute approximate surface area is 123 Å². The zero-order valence-corrected chi connectivity index (χ0v) is 12.1. The molecule has 0 aliphatic rings. The van der Waals surface area contributed by atoms with E-state index in [1.807, 2.05) is 0 Å². The largest absolute Gasteiger partial charge is 0.485 e. The first-order valence-electron chi connectivity index (χ1n) is 5.67. The minimum atomic E-state index is -1.01. The van der Waals surface area contributed by atoms with Crippen LogP contribution in [0.5, 0.6) is 5.75 Å². The Hall–Kier alpha value is -2.15. The van der Waals surface area contributed by atoms with Gasteiger partial charge in [-0.3, -0.25) is 0 Å². The maximum Gasteiger partial charge on any atom is 0.328 e. The number of hydrogen-bond acceptors (Lipinski definition) is 5. The maximum absolute atomic E-state index is 10.5. The van der Waals surface area contributed by atoms with Crippen LogP contribution in [0.15, 0.2) is 33.3 Å². The Morgan fingerprint density at radius 1 is 1.55 bits per heavy atom. The highest BCUT2D eigenvalue weighted by atomic mass is 79.9. The number of aromatic nitrogens is 2. The second-order valence-electron chi connectivity index (χ2n) is 3.87. The lowest BCUT2D eigenvalue weighted by molar-refractivity contribution is -0.131. The summed E-state index contributed by atoms with van der Waals surface area (Å²) in [4.78, 5) is 14.5. The minimum absolute atomic E-state index is 0.182. The van der Waals surface area contributed by atoms with Gasteiger partial charge in [0.15, 0.2) is 6.61 Å². The molecule has 0 atom stereocenters. The van der Waals surface area contributed by atoms with Crippen molar-refractivity contribution in [2.75, 3.05) is 0 Å². The average Bonchev–Trinajstić information content (AvgIpc) is 2.82. The van der Waals surface area contributed by atoms with Gasteiger partial charge in [-0.1, -0.05) is 21.1 Å². The van der Waals surface area contributed by atoms with Crippen LogP contribution in [-0.2, 0) is 11.4 Å². The summed E-state index contributed by atoms with van der Waals surface area (Å²) in [7, 11) is 0. The van der Waals surface area contributed by atoms with Gasteiger partial charge >= 0.3 is 5.97 Å². The third-order valence-corrected chi connectivity index (χ3v) is 3.03. The lowest BCUT2D eigenvalue weighted by atomic mass is 10.2. The van der Waals surface area contributed by atoms with Gasteiger partial charge in [0.05, 0.1) is 0 Å². The Balaban J connectivity index is 2.08. The number of benzene rings is 1. The molecule has 0 unspecified atom stereocenters. The molecule has 0 amide bonds. The Kier molecular flexibility index (Phi) is 4.52. The van der Waals surface area contributed by atoms with Gasteiger partial charge in [-0.15, -0.1) is 0 Å². The second-order valence-corrected chi connectivity index (χ2v) is 4.73. The van der Waals surface area contributed by atoms with Crippen LogP contribution in [0, 0.1) is 6.92 Å². The first-order chi connectivity index (χ1) is 9.54. The molecule has 1 aromatic carbocycles. The Bertz CT molecular complexity index is 652. The molecule has 0 bridgehead atoms. The first-order valence-corrected chi connectivity index (χ1v) is 6.46. The molecule has 0 fully saturated rings. The normalized spacial score (nSPS) is 10.9. The Morgan fingerprint density at radius 2 is 2.35 bits per heavy atom. The van der Waals surface area contributed by atoms with Crippen LogP contribution in [0.1, 0.15) is 17.3 Å². The molecule has 0 saturated carbocycles. The van der Waals surface area contributed by atoms with Crippen LogP contribution in [0.2, 0.25) is 0 Å². The third-order valence-electron chi connectivity index (χ3n) is 2.31. The number of carboxylic acid groups (broad SMARTS) is 1. The van der Waals surface area contributed by atoms with E-state index in [1.165, 1.54) is 6.08 Å². The standard InChI is InChI=1S/C13H11BrN2O4/c1-8-15-12(16-20-8)7-19-10-3-4-11(14)9(6-10)2-5-13(17)18/h2-6H,7H2,1H3,(H,17,18)/b5-2+. The predicted molar refractivity (Wildman–Crippen MR) is 74.2 cm³/mol. The summed E-state index contributed by atoms with van der Waals surface area (Å²) < 4.78 is 11.1. The first kappa shape index (κ1) is 14.3. The van der Waals surface area contributed by atoms with Crippen molar-refractivity contribution in [1.29, 1.82) is 0 Å². The Morgan fingerprint density at radius 3 is 3.00 bits per heavy atom. The van der Waals surface area contributed by atoms with Gasteiger partial charge < -0.3 is 14.4 Å². The van der Waals surface area contributed by atoms with Crippen LogP contribution >= 0.6 is 15.9 Å². The number of aryl methyl sites for hydroxylation is 1. The third kappa shape index (κ3) is 3.92. The summed E-state index contributed by atoms with van der Waals surface area (Å²) >= 11 is 3.34. The van der Waals surface area contributed by atoms with Crippen LogP contribution in [0.25, 0.3) is 6.08 Å². The van der Waals surface area contributed by atoms with E-state index in [1.54, 1.807) is 25.1 Å². The van der Waals surface area contributed by atoms with E-state index in [9.17, 15) is 4.79 Å². The van der Waals surface area contributed by atoms with Gasteiger partial charge in [0.2, 0.25) is 11.7 Å². The molecule has 7 heteroatoms. The molecule has 20 heavy (non-hydrogen) atoms. The van der Waals surface area contributed by atoms with E-state index in [0.29, 0.717) is 23.0 Å². The van der Waals surface area contributed by atoms with E-state index in [2.05, 4.69) is 26.1 Å². The van der Waals surface area contributed by atoms with E-state index >= 15 is 0 Å². The smallest absolute Gasteiger partial charge is 0.328 e. The zero-order valence-electron chi connectivity index (χ0n) is 10.5. The van der Waals surface area contributed by atoms with Gasteiger partial charge in [0, 0.05) is 17.5 Å². The molecule has 0 radical (unpaired) electrons. The van der Waals surface area contributed by atoms with Crippen molar-refractivity contribution in [1.82, 2.24) is 10.1 Å². The summed E-state index contributed by atoms with van der Waals surface area (Å²) in [5.41, 5.74) is 0.703. The molecule has 0 spiro atoms. The monoisotopic (exact) mass is 338 g/mol. The van der Waals surface area contributed by atoms with Crippen molar-refractivity contribution in [2.24, 2.45) is 0 Å². The molecule has 0 aliphatic heterocycles. The second kappa shape index (κ2) is 6.33. The highest BCUT2D eigenvalue weighted by Crippen LogP contribution is 2.24. The molecule has 6 nitrogen and oxygen atoms in total. The number of hydrogen-bond donors (Lipinski definition) is 1. The van der Waals surface area contributed by atoms with Crippen molar-refractivity contribution in [3.63, 3.8) is 0 Å². The quantitative estimate of drug-likeness (QED) is 0.843. The van der Waals surface area contributed by atoms with Crippen molar-refractivity contribution < 1.29 is 19.2 Å². The minimum Gasteiger partial charge on any atom is -0.485 e. The van der Waals surface area contributed by atoms with Crippen molar-refractivity contribution >= 4 is 28.0 Å². The molecule has 1 heterocycles. The number of carbonyl (C=O) groups is 1. The number of rotatable bonds is 5. The molecule has 1 N–H and O–H groups in total. The van der Waals surface area contributed by atoms with Crippen LogP contribution < -0.4 is 4.74 Å². The van der Waals surface area contributed by atoms with Gasteiger partial charge in [-0.25, -0.2) is 4.79 Å². The van der Waals surface area contributed by atoms with Crippen molar-refractivity contribution in [3.8, 4) is 5.75 Å². The highest BCUT2D eigenvalue weighted by Gasteiger charge is 2.05. The predicted octanol–water partition coefficient (Wildman–Crippen LogP) is 2.82. The van der Waals surface area contributed by atoms with Crippen LogP contribution in [0.3, 0.4) is 0 Å². The fraction of sp³-hybridized carbons (Fsp3) is 0.154. The SMILES string of the molecule is Cc1nc(COc2ccc(Br)c(/C=C/C(=O)O)c2)no1.